The van der Waals surface area contributed by atoms with E-state index in [2.05, 4.69) is 27.4 Å². The van der Waals surface area contributed by atoms with E-state index in [-0.39, 0.29) is 11.3 Å². The highest BCUT2D eigenvalue weighted by Crippen LogP contribution is 2.35. The molecule has 1 N–H and O–H groups in total. The lowest BCUT2D eigenvalue weighted by Gasteiger charge is -2.36. The first-order valence-corrected chi connectivity index (χ1v) is 5.64. The summed E-state index contributed by atoms with van der Waals surface area (Å²) in [7, 11) is 0. The van der Waals surface area contributed by atoms with Gasteiger partial charge in [-0.3, -0.25) is 0 Å². The molecule has 0 aromatic carbocycles. The van der Waals surface area contributed by atoms with Crippen LogP contribution in [0, 0.1) is 11.3 Å². The summed E-state index contributed by atoms with van der Waals surface area (Å²) >= 11 is 0. The molecule has 84 valence electrons. The minimum atomic E-state index is -0.560. The predicted molar refractivity (Wildman–Crippen MR) is 63.3 cm³/mol. The van der Waals surface area contributed by atoms with Gasteiger partial charge in [0.05, 0.1) is 5.60 Å². The summed E-state index contributed by atoms with van der Waals surface area (Å²) in [6.07, 6.45) is 4.51. The minimum Gasteiger partial charge on any atom is -0.389 e. The molecule has 0 aromatic rings. The number of aliphatic hydroxyl groups is 1. The molecule has 0 aliphatic rings. The van der Waals surface area contributed by atoms with Gasteiger partial charge in [0.1, 0.15) is 0 Å². The van der Waals surface area contributed by atoms with E-state index in [9.17, 15) is 5.11 Å². The minimum absolute atomic E-state index is 0.206. The molecule has 1 nitrogen and oxygen atoms in total. The summed E-state index contributed by atoms with van der Waals surface area (Å²) in [5, 5.41) is 10.4. The van der Waals surface area contributed by atoms with Crippen molar-refractivity contribution in [2.45, 2.75) is 59.5 Å². The molecule has 14 heavy (non-hydrogen) atoms. The first-order valence-electron chi connectivity index (χ1n) is 5.64. The van der Waals surface area contributed by atoms with Crippen LogP contribution in [0.3, 0.4) is 0 Å². The number of hydrogen-bond acceptors (Lipinski definition) is 1. The lowest BCUT2D eigenvalue weighted by Crippen LogP contribution is -2.37. The van der Waals surface area contributed by atoms with Gasteiger partial charge in [0, 0.05) is 5.92 Å². The van der Waals surface area contributed by atoms with E-state index in [0.29, 0.717) is 0 Å². The van der Waals surface area contributed by atoms with Crippen LogP contribution < -0.4 is 0 Å². The number of rotatable bonds is 5. The Bertz CT molecular complexity index is 172. The average molecular weight is 198 g/mol. The van der Waals surface area contributed by atoms with Crippen LogP contribution in [0.25, 0.3) is 0 Å². The van der Waals surface area contributed by atoms with Crippen molar-refractivity contribution < 1.29 is 5.11 Å². The summed E-state index contributed by atoms with van der Waals surface area (Å²) < 4.78 is 0. The fourth-order valence-electron chi connectivity index (χ4n) is 1.93. The SMILES string of the molecule is C=CC(CC(C)(C)C)C(O)(CC)CC. The van der Waals surface area contributed by atoms with Crippen LogP contribution in [-0.4, -0.2) is 10.7 Å². The molecule has 0 spiro atoms. The van der Waals surface area contributed by atoms with Gasteiger partial charge in [-0.15, -0.1) is 6.58 Å². The van der Waals surface area contributed by atoms with Gasteiger partial charge in [0.25, 0.3) is 0 Å². The third-order valence-corrected chi connectivity index (χ3v) is 3.03. The lowest BCUT2D eigenvalue weighted by molar-refractivity contribution is -0.0209. The van der Waals surface area contributed by atoms with Crippen molar-refractivity contribution in [3.63, 3.8) is 0 Å². The van der Waals surface area contributed by atoms with E-state index in [1.54, 1.807) is 0 Å². The molecule has 0 heterocycles. The second-order valence-corrected chi connectivity index (χ2v) is 5.42. The molecule has 0 rings (SSSR count). The van der Waals surface area contributed by atoms with E-state index in [1.807, 2.05) is 19.9 Å². The molecule has 0 bridgehead atoms. The van der Waals surface area contributed by atoms with Crippen LogP contribution in [0.5, 0.6) is 0 Å². The Labute approximate surface area is 89.2 Å². The van der Waals surface area contributed by atoms with Crippen LogP contribution in [0.15, 0.2) is 12.7 Å². The summed E-state index contributed by atoms with van der Waals surface area (Å²) in [4.78, 5) is 0. The Morgan fingerprint density at radius 1 is 1.21 bits per heavy atom. The van der Waals surface area contributed by atoms with Crippen molar-refractivity contribution in [2.24, 2.45) is 11.3 Å². The van der Waals surface area contributed by atoms with Gasteiger partial charge in [-0.2, -0.15) is 0 Å². The van der Waals surface area contributed by atoms with Gasteiger partial charge in [0.15, 0.2) is 0 Å². The van der Waals surface area contributed by atoms with Crippen LogP contribution in [-0.2, 0) is 0 Å². The molecule has 0 fully saturated rings. The van der Waals surface area contributed by atoms with Gasteiger partial charge < -0.3 is 5.11 Å². The largest absolute Gasteiger partial charge is 0.389 e. The monoisotopic (exact) mass is 198 g/mol. The zero-order valence-corrected chi connectivity index (χ0v) is 10.4. The van der Waals surface area contributed by atoms with Crippen molar-refractivity contribution in [3.8, 4) is 0 Å². The van der Waals surface area contributed by atoms with Crippen LogP contribution >= 0.6 is 0 Å². The Hall–Kier alpha value is -0.300. The Morgan fingerprint density at radius 2 is 1.64 bits per heavy atom. The van der Waals surface area contributed by atoms with Crippen molar-refractivity contribution in [1.82, 2.24) is 0 Å². The highest BCUT2D eigenvalue weighted by molar-refractivity contribution is 4.96. The third-order valence-electron chi connectivity index (χ3n) is 3.03. The van der Waals surface area contributed by atoms with E-state index >= 15 is 0 Å². The maximum absolute atomic E-state index is 10.4. The maximum atomic E-state index is 10.4. The molecule has 1 heteroatoms. The highest BCUT2D eigenvalue weighted by Gasteiger charge is 2.33. The lowest BCUT2D eigenvalue weighted by atomic mass is 9.74. The average Bonchev–Trinajstić information content (AvgIpc) is 2.11. The van der Waals surface area contributed by atoms with Gasteiger partial charge in [-0.05, 0) is 24.7 Å². The van der Waals surface area contributed by atoms with Gasteiger partial charge in [-0.1, -0.05) is 40.7 Å². The fourth-order valence-corrected chi connectivity index (χ4v) is 1.93. The fraction of sp³-hybridized carbons (Fsp3) is 0.846. The third kappa shape index (κ3) is 3.83. The first-order chi connectivity index (χ1) is 6.29. The van der Waals surface area contributed by atoms with Crippen molar-refractivity contribution in [3.05, 3.63) is 12.7 Å². The molecule has 0 saturated heterocycles. The van der Waals surface area contributed by atoms with Crippen LogP contribution in [0.4, 0.5) is 0 Å². The summed E-state index contributed by atoms with van der Waals surface area (Å²) in [6, 6.07) is 0. The normalized spacial score (nSPS) is 15.3. The quantitative estimate of drug-likeness (QED) is 0.667. The molecule has 0 aromatic heterocycles. The molecule has 0 amide bonds. The first kappa shape index (κ1) is 13.7. The van der Waals surface area contributed by atoms with Crippen LogP contribution in [0.2, 0.25) is 0 Å². The topological polar surface area (TPSA) is 20.2 Å². The Balaban J connectivity index is 4.62. The van der Waals surface area contributed by atoms with Gasteiger partial charge in [0.2, 0.25) is 0 Å². The van der Waals surface area contributed by atoms with Crippen LogP contribution in [0.1, 0.15) is 53.9 Å². The second-order valence-electron chi connectivity index (χ2n) is 5.42. The Kier molecular flexibility index (Phi) is 4.87. The van der Waals surface area contributed by atoms with E-state index in [4.69, 9.17) is 0 Å². The highest BCUT2D eigenvalue weighted by atomic mass is 16.3. The molecular formula is C13H26O. The molecule has 0 saturated carbocycles. The zero-order valence-electron chi connectivity index (χ0n) is 10.4. The summed E-state index contributed by atoms with van der Waals surface area (Å²) in [5.74, 6) is 0.206. The van der Waals surface area contributed by atoms with Crippen molar-refractivity contribution in [1.29, 1.82) is 0 Å². The van der Waals surface area contributed by atoms with Crippen molar-refractivity contribution >= 4 is 0 Å². The maximum Gasteiger partial charge on any atom is 0.0704 e. The van der Waals surface area contributed by atoms with Gasteiger partial charge >= 0.3 is 0 Å². The molecule has 0 aliphatic heterocycles. The van der Waals surface area contributed by atoms with Gasteiger partial charge in [-0.25, -0.2) is 0 Å². The van der Waals surface area contributed by atoms with E-state index < -0.39 is 5.60 Å². The predicted octanol–water partition coefficient (Wildman–Crippen LogP) is 3.78. The molecule has 1 unspecified atom stereocenters. The van der Waals surface area contributed by atoms with E-state index in [1.165, 1.54) is 0 Å². The molecule has 0 radical (unpaired) electrons. The molecule has 0 aliphatic carbocycles. The standard InChI is InChI=1S/C13H26O/c1-7-11(10-12(4,5)6)13(14,8-2)9-3/h7,11,14H,1,8-10H2,2-6H3. The second kappa shape index (κ2) is 4.97. The summed E-state index contributed by atoms with van der Waals surface area (Å²) in [6.45, 7) is 14.5. The molecular weight excluding hydrogens is 172 g/mol. The van der Waals surface area contributed by atoms with E-state index in [0.717, 1.165) is 19.3 Å². The summed E-state index contributed by atoms with van der Waals surface area (Å²) in [5.41, 5.74) is -0.313. The molecule has 1 atom stereocenters. The zero-order chi connectivity index (χ0) is 11.4. The van der Waals surface area contributed by atoms with Crippen molar-refractivity contribution in [2.75, 3.05) is 0 Å². The Morgan fingerprint density at radius 3 is 1.86 bits per heavy atom. The number of hydrogen-bond donors (Lipinski definition) is 1. The smallest absolute Gasteiger partial charge is 0.0704 e.